The lowest BCUT2D eigenvalue weighted by Crippen LogP contribution is -2.37. The summed E-state index contributed by atoms with van der Waals surface area (Å²) in [4.78, 5) is 29.7. The van der Waals surface area contributed by atoms with Crippen molar-refractivity contribution in [2.45, 2.75) is 13.0 Å². The summed E-state index contributed by atoms with van der Waals surface area (Å²) >= 11 is 5.92. The minimum Gasteiger partial charge on any atom is -0.303 e. The summed E-state index contributed by atoms with van der Waals surface area (Å²) in [5.41, 5.74) is 4.74. The van der Waals surface area contributed by atoms with Crippen LogP contribution in [0.15, 0.2) is 69.3 Å². The van der Waals surface area contributed by atoms with Gasteiger partial charge in [0.2, 0.25) is 5.95 Å². The molecule has 0 bridgehead atoms. The molecule has 0 saturated carbocycles. The van der Waals surface area contributed by atoms with Gasteiger partial charge in [-0.15, -0.1) is 0 Å². The number of nitrogens with one attached hydrogen (secondary N) is 1. The number of fused-ring (bicyclic) bond motifs is 1. The van der Waals surface area contributed by atoms with Crippen molar-refractivity contribution in [2.24, 2.45) is 19.2 Å². The first-order chi connectivity index (χ1) is 15.0. The molecule has 2 heterocycles. The van der Waals surface area contributed by atoms with Crippen LogP contribution in [0.4, 0.5) is 5.95 Å². The first-order valence-corrected chi connectivity index (χ1v) is 10.1. The second-order valence-corrected chi connectivity index (χ2v) is 7.56. The van der Waals surface area contributed by atoms with Gasteiger partial charge in [0.05, 0.1) is 6.21 Å². The van der Waals surface area contributed by atoms with Crippen molar-refractivity contribution >= 4 is 34.9 Å². The van der Waals surface area contributed by atoms with E-state index >= 15 is 0 Å². The molecular formula is C22H21ClN6O2. The van der Waals surface area contributed by atoms with Gasteiger partial charge in [0.25, 0.3) is 5.56 Å². The molecule has 2 aromatic carbocycles. The number of benzene rings is 2. The van der Waals surface area contributed by atoms with Crippen LogP contribution >= 0.6 is 11.6 Å². The molecule has 0 radical (unpaired) electrons. The number of anilines is 1. The number of hydrogen-bond donors (Lipinski definition) is 1. The molecule has 1 N–H and O–H groups in total. The number of hydrazone groups is 1. The van der Waals surface area contributed by atoms with E-state index < -0.39 is 11.2 Å². The van der Waals surface area contributed by atoms with Gasteiger partial charge in [-0.1, -0.05) is 54.1 Å². The van der Waals surface area contributed by atoms with Crippen LogP contribution < -0.4 is 16.7 Å². The maximum atomic E-state index is 12.9. The number of nitrogens with zero attached hydrogens (tertiary/aromatic N) is 5. The molecule has 0 aliphatic carbocycles. The number of imidazole rings is 1. The highest BCUT2D eigenvalue weighted by Crippen LogP contribution is 2.17. The van der Waals surface area contributed by atoms with E-state index in [1.807, 2.05) is 42.5 Å². The molecule has 0 unspecified atom stereocenters. The molecule has 0 atom stereocenters. The smallest absolute Gasteiger partial charge is 0.303 e. The van der Waals surface area contributed by atoms with Crippen LogP contribution in [0.25, 0.3) is 11.2 Å². The topological polar surface area (TPSA) is 86.2 Å². The second-order valence-electron chi connectivity index (χ2n) is 7.12. The summed E-state index contributed by atoms with van der Waals surface area (Å²) in [6.07, 6.45) is 2.32. The number of halogens is 1. The highest BCUT2D eigenvalue weighted by Gasteiger charge is 2.18. The Kier molecular flexibility index (Phi) is 5.73. The molecule has 8 nitrogen and oxygen atoms in total. The third kappa shape index (κ3) is 4.15. The zero-order valence-electron chi connectivity index (χ0n) is 17.1. The summed E-state index contributed by atoms with van der Waals surface area (Å²) in [5, 5.41) is 4.90. The molecule has 4 rings (SSSR count). The van der Waals surface area contributed by atoms with Crippen molar-refractivity contribution in [2.75, 3.05) is 5.43 Å². The van der Waals surface area contributed by atoms with Gasteiger partial charge in [0, 0.05) is 25.7 Å². The summed E-state index contributed by atoms with van der Waals surface area (Å²) in [7, 11) is 3.06. The molecule has 158 valence electrons. The summed E-state index contributed by atoms with van der Waals surface area (Å²) < 4.78 is 4.22. The average molecular weight is 437 g/mol. The van der Waals surface area contributed by atoms with Crippen LogP contribution in [-0.2, 0) is 27.1 Å². The maximum Gasteiger partial charge on any atom is 0.332 e. The van der Waals surface area contributed by atoms with E-state index in [-0.39, 0.29) is 0 Å². The number of rotatable bonds is 6. The lowest BCUT2D eigenvalue weighted by atomic mass is 10.1. The van der Waals surface area contributed by atoms with Gasteiger partial charge >= 0.3 is 5.69 Å². The van der Waals surface area contributed by atoms with Gasteiger partial charge in [-0.05, 0) is 29.7 Å². The first kappa shape index (κ1) is 20.6. The van der Waals surface area contributed by atoms with Crippen molar-refractivity contribution in [3.63, 3.8) is 0 Å². The monoisotopic (exact) mass is 436 g/mol. The van der Waals surface area contributed by atoms with E-state index in [9.17, 15) is 9.59 Å². The Balaban J connectivity index is 1.74. The van der Waals surface area contributed by atoms with Gasteiger partial charge in [-0.2, -0.15) is 10.1 Å². The Morgan fingerprint density at radius 1 is 1.03 bits per heavy atom. The lowest BCUT2D eigenvalue weighted by Gasteiger charge is -2.09. The largest absolute Gasteiger partial charge is 0.332 e. The van der Waals surface area contributed by atoms with Gasteiger partial charge in [-0.3, -0.25) is 13.9 Å². The Bertz CT molecular complexity index is 1370. The normalized spacial score (nSPS) is 11.5. The zero-order chi connectivity index (χ0) is 22.0. The summed E-state index contributed by atoms with van der Waals surface area (Å²) in [6, 6.07) is 17.2. The fraction of sp³-hybridized carbons (Fsp3) is 0.182. The van der Waals surface area contributed by atoms with Crippen LogP contribution in [0.3, 0.4) is 0 Å². The van der Waals surface area contributed by atoms with Gasteiger partial charge < -0.3 is 4.57 Å². The van der Waals surface area contributed by atoms with Crippen molar-refractivity contribution in [1.29, 1.82) is 0 Å². The third-order valence-electron chi connectivity index (χ3n) is 5.06. The van der Waals surface area contributed by atoms with Crippen LogP contribution in [0, 0.1) is 0 Å². The molecule has 0 aliphatic rings. The number of hydrogen-bond acceptors (Lipinski definition) is 5. The van der Waals surface area contributed by atoms with E-state index in [4.69, 9.17) is 11.6 Å². The van der Waals surface area contributed by atoms with Gasteiger partial charge in [0.15, 0.2) is 11.2 Å². The summed E-state index contributed by atoms with van der Waals surface area (Å²) in [5.74, 6) is 0.384. The Morgan fingerprint density at radius 3 is 2.45 bits per heavy atom. The lowest BCUT2D eigenvalue weighted by molar-refractivity contribution is 0.687. The molecule has 4 aromatic rings. The molecule has 0 fully saturated rings. The van der Waals surface area contributed by atoms with Crippen molar-refractivity contribution < 1.29 is 0 Å². The predicted molar refractivity (Wildman–Crippen MR) is 123 cm³/mol. The van der Waals surface area contributed by atoms with Crippen molar-refractivity contribution in [3.8, 4) is 0 Å². The van der Waals surface area contributed by atoms with Gasteiger partial charge in [0.1, 0.15) is 0 Å². The van der Waals surface area contributed by atoms with Crippen LogP contribution in [0.2, 0.25) is 5.02 Å². The molecule has 0 amide bonds. The molecule has 31 heavy (non-hydrogen) atoms. The van der Waals surface area contributed by atoms with Crippen LogP contribution in [0.1, 0.15) is 11.1 Å². The molecule has 0 saturated heterocycles. The van der Waals surface area contributed by atoms with Crippen molar-refractivity contribution in [1.82, 2.24) is 18.7 Å². The molecule has 2 aromatic heterocycles. The van der Waals surface area contributed by atoms with E-state index in [2.05, 4.69) is 15.5 Å². The minimum atomic E-state index is -0.429. The Morgan fingerprint density at radius 2 is 1.74 bits per heavy atom. The predicted octanol–water partition coefficient (Wildman–Crippen LogP) is 2.78. The van der Waals surface area contributed by atoms with Crippen LogP contribution in [0.5, 0.6) is 0 Å². The number of aryl methyl sites for hydroxylation is 3. The molecular weight excluding hydrogens is 416 g/mol. The van der Waals surface area contributed by atoms with Gasteiger partial charge in [-0.25, -0.2) is 10.2 Å². The van der Waals surface area contributed by atoms with E-state index in [0.29, 0.717) is 35.1 Å². The fourth-order valence-corrected chi connectivity index (χ4v) is 3.47. The SMILES string of the molecule is Cn1c(=O)c2c(nc(N/N=C/c3ccc(Cl)cc3)n2CCc2ccccc2)n(C)c1=O. The first-order valence-electron chi connectivity index (χ1n) is 9.70. The average Bonchev–Trinajstić information content (AvgIpc) is 3.15. The van der Waals surface area contributed by atoms with Crippen molar-refractivity contribution in [3.05, 3.63) is 91.6 Å². The third-order valence-corrected chi connectivity index (χ3v) is 5.32. The quantitative estimate of drug-likeness (QED) is 0.372. The molecule has 9 heteroatoms. The molecule has 0 spiro atoms. The maximum absolute atomic E-state index is 12.9. The van der Waals surface area contributed by atoms with E-state index in [0.717, 1.165) is 15.7 Å². The standard InChI is InChI=1S/C22H21ClN6O2/c1-27-19-18(20(30)28(2)22(27)31)29(13-12-15-6-4-3-5-7-15)21(25-19)26-24-14-16-8-10-17(23)11-9-16/h3-11,14H,12-13H2,1-2H3,(H,25,26)/b24-14+. The van der Waals surface area contributed by atoms with E-state index in [1.54, 1.807) is 30.0 Å². The van der Waals surface area contributed by atoms with E-state index in [1.165, 1.54) is 11.6 Å². The Hall–Kier alpha value is -3.65. The number of aromatic nitrogens is 4. The summed E-state index contributed by atoms with van der Waals surface area (Å²) in [6.45, 7) is 0.493. The molecule has 0 aliphatic heterocycles. The second kappa shape index (κ2) is 8.61. The highest BCUT2D eigenvalue weighted by atomic mass is 35.5. The van der Waals surface area contributed by atoms with Crippen LogP contribution in [-0.4, -0.2) is 24.9 Å². The fourth-order valence-electron chi connectivity index (χ4n) is 3.35. The zero-order valence-corrected chi connectivity index (χ0v) is 17.9. The minimum absolute atomic E-state index is 0.311. The Labute approximate surface area is 183 Å². The highest BCUT2D eigenvalue weighted by molar-refractivity contribution is 6.30.